The molecule has 2 bridgehead atoms. The van der Waals surface area contributed by atoms with Gasteiger partial charge in [0.2, 0.25) is 0 Å². The van der Waals surface area contributed by atoms with Gasteiger partial charge in [0, 0.05) is 5.92 Å². The number of carbonyl (C=O) groups excluding carboxylic acids is 1. The highest BCUT2D eigenvalue weighted by Crippen LogP contribution is 2.59. The first kappa shape index (κ1) is 8.03. The summed E-state index contributed by atoms with van der Waals surface area (Å²) in [6.45, 7) is 8.54. The molecule has 0 spiro atoms. The summed E-state index contributed by atoms with van der Waals surface area (Å²) in [7, 11) is 0. The molecule has 0 N–H and O–H groups in total. The second kappa shape index (κ2) is 2.01. The minimum absolute atomic E-state index is 0.251. The van der Waals surface area contributed by atoms with Gasteiger partial charge in [0.05, 0.1) is 0 Å². The maximum Gasteiger partial charge on any atom is 0.162 e. The molecule has 0 heterocycles. The molecule has 3 aliphatic rings. The number of hydrogen-bond acceptors (Lipinski definition) is 1. The Bertz CT molecular complexity index is 283. The van der Waals surface area contributed by atoms with Crippen LogP contribution < -0.4 is 0 Å². The van der Waals surface area contributed by atoms with Crippen LogP contribution >= 0.6 is 0 Å². The van der Waals surface area contributed by atoms with Crippen molar-refractivity contribution in [2.75, 3.05) is 0 Å². The monoisotopic (exact) mass is 164 g/mol. The van der Waals surface area contributed by atoms with Gasteiger partial charge < -0.3 is 0 Å². The normalized spacial score (nSPS) is 38.2. The maximum absolute atomic E-state index is 11.7. The van der Waals surface area contributed by atoms with Crippen LogP contribution in [0, 0.1) is 17.3 Å². The third kappa shape index (κ3) is 0.675. The van der Waals surface area contributed by atoms with Crippen LogP contribution in [0.15, 0.2) is 11.1 Å². The second-order valence-corrected chi connectivity index (χ2v) is 4.83. The first-order valence-electron chi connectivity index (χ1n) is 4.68. The van der Waals surface area contributed by atoms with Gasteiger partial charge in [-0.1, -0.05) is 19.4 Å². The molecule has 12 heavy (non-hydrogen) atoms. The van der Waals surface area contributed by atoms with E-state index in [9.17, 15) is 4.79 Å². The topological polar surface area (TPSA) is 17.1 Å². The van der Waals surface area contributed by atoms with Gasteiger partial charge in [0.15, 0.2) is 5.78 Å². The smallest absolute Gasteiger partial charge is 0.162 e. The number of hydrogen-bond donors (Lipinski definition) is 0. The number of Topliss-reactive ketones (excluding diaryl/α,β-unsaturated/α-hetero) is 1. The Balaban J connectivity index is 2.48. The molecule has 66 valence electrons. The van der Waals surface area contributed by atoms with Crippen LogP contribution in [0.5, 0.6) is 0 Å². The molecule has 0 aliphatic heterocycles. The number of allylic oxidation sites excluding steroid dienone is 2. The fraction of sp³-hybridized carbons (Fsp3) is 0.727. The lowest BCUT2D eigenvalue weighted by Crippen LogP contribution is -2.53. The van der Waals surface area contributed by atoms with E-state index in [1.165, 1.54) is 5.57 Å². The van der Waals surface area contributed by atoms with Crippen LogP contribution in [0.25, 0.3) is 0 Å². The predicted molar refractivity (Wildman–Crippen MR) is 48.8 cm³/mol. The standard InChI is InChI=1S/C11H16O/c1-6-7(2)10(12)9-5-8(6)11(9,3)4/h8-9H,5H2,1-4H3/t8-,9?/m1/s1. The molecule has 1 unspecified atom stereocenters. The van der Waals surface area contributed by atoms with E-state index >= 15 is 0 Å². The minimum atomic E-state index is 0.251. The first-order chi connectivity index (χ1) is 5.46. The maximum atomic E-state index is 11.7. The third-order valence-corrected chi connectivity index (χ3v) is 4.07. The lowest BCUT2D eigenvalue weighted by molar-refractivity contribution is -0.135. The first-order valence-corrected chi connectivity index (χ1v) is 4.68. The third-order valence-electron chi connectivity index (χ3n) is 4.07. The van der Waals surface area contributed by atoms with E-state index in [2.05, 4.69) is 20.8 Å². The fourth-order valence-corrected chi connectivity index (χ4v) is 2.82. The molecule has 1 fully saturated rings. The zero-order chi connectivity index (χ0) is 9.09. The van der Waals surface area contributed by atoms with E-state index < -0.39 is 0 Å². The minimum Gasteiger partial charge on any atom is -0.294 e. The molecule has 0 radical (unpaired) electrons. The van der Waals surface area contributed by atoms with Crippen molar-refractivity contribution in [3.8, 4) is 0 Å². The van der Waals surface area contributed by atoms with Crippen molar-refractivity contribution in [3.05, 3.63) is 11.1 Å². The average Bonchev–Trinajstić information content (AvgIpc) is 1.98. The van der Waals surface area contributed by atoms with Gasteiger partial charge in [-0.05, 0) is 37.2 Å². The van der Waals surface area contributed by atoms with Crippen molar-refractivity contribution in [2.45, 2.75) is 34.1 Å². The number of rotatable bonds is 0. The zero-order valence-corrected chi connectivity index (χ0v) is 8.27. The number of carbonyl (C=O) groups is 1. The highest BCUT2D eigenvalue weighted by atomic mass is 16.1. The van der Waals surface area contributed by atoms with Gasteiger partial charge in [0.1, 0.15) is 0 Å². The van der Waals surface area contributed by atoms with Gasteiger partial charge in [-0.2, -0.15) is 0 Å². The quantitative estimate of drug-likeness (QED) is 0.537. The Morgan fingerprint density at radius 2 is 1.83 bits per heavy atom. The Hall–Kier alpha value is -0.590. The highest BCUT2D eigenvalue weighted by molar-refractivity contribution is 6.00. The lowest BCUT2D eigenvalue weighted by Gasteiger charge is -2.56. The number of fused-ring (bicyclic) bond motifs is 1. The van der Waals surface area contributed by atoms with Crippen molar-refractivity contribution < 1.29 is 4.79 Å². The Morgan fingerprint density at radius 3 is 2.25 bits per heavy atom. The largest absolute Gasteiger partial charge is 0.294 e. The van der Waals surface area contributed by atoms with E-state index in [-0.39, 0.29) is 5.41 Å². The zero-order valence-electron chi connectivity index (χ0n) is 8.27. The molecular weight excluding hydrogens is 148 g/mol. The van der Waals surface area contributed by atoms with Crippen LogP contribution in [-0.2, 0) is 4.79 Å². The van der Waals surface area contributed by atoms with Crippen molar-refractivity contribution in [2.24, 2.45) is 17.3 Å². The summed E-state index contributed by atoms with van der Waals surface area (Å²) in [5.74, 6) is 1.41. The highest BCUT2D eigenvalue weighted by Gasteiger charge is 2.55. The van der Waals surface area contributed by atoms with Crippen LogP contribution in [-0.4, -0.2) is 5.78 Å². The second-order valence-electron chi connectivity index (χ2n) is 4.83. The summed E-state index contributed by atoms with van der Waals surface area (Å²) in [6, 6.07) is 0. The molecule has 0 aromatic carbocycles. The summed E-state index contributed by atoms with van der Waals surface area (Å²) in [5.41, 5.74) is 2.63. The molecule has 0 amide bonds. The molecule has 3 aliphatic carbocycles. The fourth-order valence-electron chi connectivity index (χ4n) is 2.82. The van der Waals surface area contributed by atoms with Gasteiger partial charge >= 0.3 is 0 Å². The average molecular weight is 164 g/mol. The molecule has 1 saturated carbocycles. The summed E-state index contributed by atoms with van der Waals surface area (Å²) < 4.78 is 0. The van der Waals surface area contributed by atoms with Crippen LogP contribution in [0.2, 0.25) is 0 Å². The summed E-state index contributed by atoms with van der Waals surface area (Å²) >= 11 is 0. The van der Waals surface area contributed by atoms with Gasteiger partial charge in [-0.25, -0.2) is 0 Å². The van der Waals surface area contributed by atoms with E-state index in [1.54, 1.807) is 0 Å². The van der Waals surface area contributed by atoms with Crippen molar-refractivity contribution in [3.63, 3.8) is 0 Å². The summed E-state index contributed by atoms with van der Waals surface area (Å²) in [6.07, 6.45) is 1.11. The summed E-state index contributed by atoms with van der Waals surface area (Å²) in [4.78, 5) is 11.7. The predicted octanol–water partition coefficient (Wildman–Crippen LogP) is 2.57. The van der Waals surface area contributed by atoms with Crippen LogP contribution in [0.1, 0.15) is 34.1 Å². The molecule has 0 aromatic rings. The Labute approximate surface area is 73.8 Å². The molecular formula is C11H16O. The van der Waals surface area contributed by atoms with E-state index in [0.717, 1.165) is 12.0 Å². The SMILES string of the molecule is CC1=C(C)[C@H]2CC(C1=O)C2(C)C. The van der Waals surface area contributed by atoms with E-state index in [4.69, 9.17) is 0 Å². The van der Waals surface area contributed by atoms with Crippen LogP contribution in [0.4, 0.5) is 0 Å². The molecule has 3 rings (SSSR count). The Kier molecular flexibility index (Phi) is 1.35. The molecule has 1 heteroatoms. The Morgan fingerprint density at radius 1 is 1.25 bits per heavy atom. The summed E-state index contributed by atoms with van der Waals surface area (Å²) in [5, 5.41) is 0. The van der Waals surface area contributed by atoms with Crippen molar-refractivity contribution >= 4 is 5.78 Å². The van der Waals surface area contributed by atoms with E-state index in [1.807, 2.05) is 6.92 Å². The molecule has 2 atom stereocenters. The van der Waals surface area contributed by atoms with Gasteiger partial charge in [-0.15, -0.1) is 0 Å². The lowest BCUT2D eigenvalue weighted by atomic mass is 9.47. The number of ketones is 1. The van der Waals surface area contributed by atoms with E-state index in [0.29, 0.717) is 17.6 Å². The molecule has 0 aromatic heterocycles. The van der Waals surface area contributed by atoms with Gasteiger partial charge in [-0.3, -0.25) is 4.79 Å². The van der Waals surface area contributed by atoms with Crippen molar-refractivity contribution in [1.82, 2.24) is 0 Å². The van der Waals surface area contributed by atoms with Crippen molar-refractivity contribution in [1.29, 1.82) is 0 Å². The van der Waals surface area contributed by atoms with Gasteiger partial charge in [0.25, 0.3) is 0 Å². The molecule has 1 nitrogen and oxygen atoms in total. The van der Waals surface area contributed by atoms with Crippen LogP contribution in [0.3, 0.4) is 0 Å². The molecule has 0 saturated heterocycles.